The van der Waals surface area contributed by atoms with Crippen molar-refractivity contribution in [2.75, 3.05) is 20.2 Å². The number of halogens is 1. The van der Waals surface area contributed by atoms with Crippen LogP contribution in [0.2, 0.25) is 5.22 Å². The summed E-state index contributed by atoms with van der Waals surface area (Å²) in [6.07, 6.45) is 3.81. The molecule has 0 saturated heterocycles. The molecule has 0 aliphatic rings. The van der Waals surface area contributed by atoms with Gasteiger partial charge < -0.3 is 19.6 Å². The molecule has 0 bridgehead atoms. The number of nitrogens with one attached hydrogen (secondary N) is 1. The van der Waals surface area contributed by atoms with Gasteiger partial charge in [0.05, 0.1) is 0 Å². The highest BCUT2D eigenvalue weighted by Crippen LogP contribution is 2.29. The molecule has 0 amide bonds. The molecule has 0 fully saturated rings. The second kappa shape index (κ2) is 10.4. The summed E-state index contributed by atoms with van der Waals surface area (Å²) in [6, 6.07) is 23.5. The summed E-state index contributed by atoms with van der Waals surface area (Å²) in [7, 11) is 1.91. The van der Waals surface area contributed by atoms with Crippen molar-refractivity contribution in [2.45, 2.75) is 12.8 Å². The fourth-order valence-electron chi connectivity index (χ4n) is 3.57. The summed E-state index contributed by atoms with van der Waals surface area (Å²) in [6.45, 7) is 1.46. The van der Waals surface area contributed by atoms with Crippen molar-refractivity contribution in [2.24, 2.45) is 0 Å². The number of furan rings is 1. The number of ether oxygens (including phenoxy) is 1. The Morgan fingerprint density at radius 1 is 1.00 bits per heavy atom. The number of aromatic hydroxyl groups is 1. The van der Waals surface area contributed by atoms with Crippen LogP contribution in [-0.4, -0.2) is 25.3 Å². The molecule has 2 N–H and O–H groups in total. The van der Waals surface area contributed by atoms with Gasteiger partial charge in [0.2, 0.25) is 0 Å². The van der Waals surface area contributed by atoms with Crippen LogP contribution in [-0.2, 0) is 12.8 Å². The van der Waals surface area contributed by atoms with Crippen molar-refractivity contribution in [3.8, 4) is 11.5 Å². The third kappa shape index (κ3) is 5.72. The fraction of sp³-hybridized carbons (Fsp3) is 0.185. The summed E-state index contributed by atoms with van der Waals surface area (Å²) < 4.78 is 11.2. The lowest BCUT2D eigenvalue weighted by Gasteiger charge is -2.10. The van der Waals surface area contributed by atoms with Gasteiger partial charge in [-0.05, 0) is 90.2 Å². The zero-order valence-electron chi connectivity index (χ0n) is 18.0. The van der Waals surface area contributed by atoms with E-state index < -0.39 is 0 Å². The van der Waals surface area contributed by atoms with Crippen molar-refractivity contribution >= 4 is 28.1 Å². The quantitative estimate of drug-likeness (QED) is 0.297. The number of fused-ring (bicyclic) bond motifs is 1. The summed E-state index contributed by atoms with van der Waals surface area (Å²) in [5.41, 5.74) is 5.44. The van der Waals surface area contributed by atoms with Crippen molar-refractivity contribution in [3.05, 3.63) is 101 Å². The van der Waals surface area contributed by atoms with Crippen LogP contribution in [0.1, 0.15) is 16.7 Å². The number of phenols is 1. The van der Waals surface area contributed by atoms with E-state index in [0.29, 0.717) is 11.8 Å². The molecule has 164 valence electrons. The molecule has 4 nitrogen and oxygen atoms in total. The Morgan fingerprint density at radius 3 is 2.50 bits per heavy atom. The van der Waals surface area contributed by atoms with Crippen LogP contribution >= 0.6 is 11.6 Å². The lowest BCUT2D eigenvalue weighted by atomic mass is 9.95. The van der Waals surface area contributed by atoms with Crippen molar-refractivity contribution in [1.82, 2.24) is 5.32 Å². The Hall–Kier alpha value is -3.21. The minimum atomic E-state index is 0.269. The first-order chi connectivity index (χ1) is 15.6. The number of benzene rings is 3. The van der Waals surface area contributed by atoms with E-state index in [1.165, 1.54) is 11.1 Å². The molecule has 0 aliphatic carbocycles. The number of allylic oxidation sites excluding steroid dienone is 2. The lowest BCUT2D eigenvalue weighted by molar-refractivity contribution is 0.318. The van der Waals surface area contributed by atoms with Gasteiger partial charge in [0.1, 0.15) is 23.7 Å². The van der Waals surface area contributed by atoms with Gasteiger partial charge in [-0.1, -0.05) is 36.4 Å². The highest BCUT2D eigenvalue weighted by Gasteiger charge is 2.08. The van der Waals surface area contributed by atoms with E-state index in [4.69, 9.17) is 20.8 Å². The standard InChI is InChI=1S/C27H26ClNO3/c1-29-14-15-31-25-11-5-19(6-12-25)2-7-21(16-20-3-9-24(30)10-4-20)22-8-13-26-23(17-22)18-27(28)32-26/h3-13,17-18,29-30H,2,14-16H2,1H3/b21-7+. The zero-order valence-corrected chi connectivity index (χ0v) is 18.7. The highest BCUT2D eigenvalue weighted by molar-refractivity contribution is 6.29. The maximum atomic E-state index is 9.62. The second-order valence-corrected chi connectivity index (χ2v) is 8.05. The largest absolute Gasteiger partial charge is 0.508 e. The normalized spacial score (nSPS) is 11.8. The molecule has 1 aromatic heterocycles. The average molecular weight is 448 g/mol. The topological polar surface area (TPSA) is 54.6 Å². The number of rotatable bonds is 9. The van der Waals surface area contributed by atoms with E-state index in [1.807, 2.05) is 43.4 Å². The third-order valence-corrected chi connectivity index (χ3v) is 5.50. The van der Waals surface area contributed by atoms with Gasteiger partial charge in [-0.25, -0.2) is 0 Å². The van der Waals surface area contributed by atoms with E-state index in [0.717, 1.165) is 47.2 Å². The van der Waals surface area contributed by atoms with Crippen molar-refractivity contribution in [1.29, 1.82) is 0 Å². The first-order valence-corrected chi connectivity index (χ1v) is 11.0. The van der Waals surface area contributed by atoms with Crippen LogP contribution in [0.25, 0.3) is 16.5 Å². The molecule has 0 aliphatic heterocycles. The molecule has 32 heavy (non-hydrogen) atoms. The van der Waals surface area contributed by atoms with Crippen LogP contribution in [0.3, 0.4) is 0 Å². The Balaban J connectivity index is 1.57. The molecule has 0 radical (unpaired) electrons. The molecular weight excluding hydrogens is 422 g/mol. The molecular formula is C27H26ClNO3. The number of likely N-dealkylation sites (N-methyl/N-ethyl adjacent to an activating group) is 1. The van der Waals surface area contributed by atoms with Gasteiger partial charge in [0.25, 0.3) is 0 Å². The predicted octanol–water partition coefficient (Wildman–Crippen LogP) is 6.26. The molecule has 1 heterocycles. The van der Waals surface area contributed by atoms with E-state index >= 15 is 0 Å². The fourth-order valence-corrected chi connectivity index (χ4v) is 3.77. The van der Waals surface area contributed by atoms with Crippen LogP contribution in [0, 0.1) is 0 Å². The predicted molar refractivity (Wildman–Crippen MR) is 131 cm³/mol. The first kappa shape index (κ1) is 22.0. The average Bonchev–Trinajstić information content (AvgIpc) is 3.18. The summed E-state index contributed by atoms with van der Waals surface area (Å²) in [5, 5.41) is 14.1. The van der Waals surface area contributed by atoms with Gasteiger partial charge in [-0.3, -0.25) is 0 Å². The van der Waals surface area contributed by atoms with E-state index in [-0.39, 0.29) is 5.75 Å². The van der Waals surface area contributed by atoms with E-state index in [1.54, 1.807) is 12.1 Å². The van der Waals surface area contributed by atoms with Crippen molar-refractivity contribution in [3.63, 3.8) is 0 Å². The van der Waals surface area contributed by atoms with Gasteiger partial charge in [0, 0.05) is 18.0 Å². The van der Waals surface area contributed by atoms with E-state index in [9.17, 15) is 5.11 Å². The van der Waals surface area contributed by atoms with Crippen LogP contribution in [0.15, 0.2) is 83.3 Å². The Bertz CT molecular complexity index is 1190. The molecule has 3 aromatic carbocycles. The highest BCUT2D eigenvalue weighted by atomic mass is 35.5. The molecule has 0 atom stereocenters. The summed E-state index contributed by atoms with van der Waals surface area (Å²) >= 11 is 6.03. The number of phenolic OH excluding ortho intramolecular Hbond substituents is 1. The molecule has 0 saturated carbocycles. The van der Waals surface area contributed by atoms with Crippen LogP contribution in [0.4, 0.5) is 0 Å². The monoisotopic (exact) mass is 447 g/mol. The SMILES string of the molecule is CNCCOc1ccc(C/C=C(\Cc2ccc(O)cc2)c2ccc3oc(Cl)cc3c2)cc1. The minimum Gasteiger partial charge on any atom is -0.508 e. The number of hydrogen-bond donors (Lipinski definition) is 2. The minimum absolute atomic E-state index is 0.269. The lowest BCUT2D eigenvalue weighted by Crippen LogP contribution is -2.15. The second-order valence-electron chi connectivity index (χ2n) is 7.68. The van der Waals surface area contributed by atoms with Crippen LogP contribution < -0.4 is 10.1 Å². The summed E-state index contributed by atoms with van der Waals surface area (Å²) in [5.74, 6) is 1.14. The molecule has 0 unspecified atom stereocenters. The zero-order chi connectivity index (χ0) is 22.3. The molecule has 4 aromatic rings. The van der Waals surface area contributed by atoms with E-state index in [2.05, 4.69) is 35.7 Å². The maximum Gasteiger partial charge on any atom is 0.194 e. The Morgan fingerprint density at radius 2 is 1.75 bits per heavy atom. The smallest absolute Gasteiger partial charge is 0.194 e. The number of hydrogen-bond acceptors (Lipinski definition) is 4. The third-order valence-electron chi connectivity index (χ3n) is 5.32. The van der Waals surface area contributed by atoms with Crippen LogP contribution in [0.5, 0.6) is 11.5 Å². The molecule has 0 spiro atoms. The first-order valence-electron chi connectivity index (χ1n) is 10.6. The van der Waals surface area contributed by atoms with Gasteiger partial charge in [0.15, 0.2) is 5.22 Å². The van der Waals surface area contributed by atoms with Gasteiger partial charge in [-0.2, -0.15) is 0 Å². The van der Waals surface area contributed by atoms with Gasteiger partial charge >= 0.3 is 0 Å². The van der Waals surface area contributed by atoms with Crippen molar-refractivity contribution < 1.29 is 14.3 Å². The van der Waals surface area contributed by atoms with Gasteiger partial charge in [-0.15, -0.1) is 0 Å². The Kier molecular flexibility index (Phi) is 7.15. The molecule has 4 rings (SSSR count). The summed E-state index contributed by atoms with van der Waals surface area (Å²) in [4.78, 5) is 0. The Labute approximate surface area is 193 Å². The maximum absolute atomic E-state index is 9.62. The molecule has 5 heteroatoms.